The fraction of sp³-hybridized carbons (Fsp3) is 0.348. The van der Waals surface area contributed by atoms with Gasteiger partial charge < -0.3 is 4.98 Å². The highest BCUT2D eigenvalue weighted by atomic mass is 19.4. The van der Waals surface area contributed by atoms with E-state index in [1.165, 1.54) is 29.3 Å². The maximum Gasteiger partial charge on any atom is 0.433 e. The lowest BCUT2D eigenvalue weighted by atomic mass is 9.85. The van der Waals surface area contributed by atoms with Gasteiger partial charge >= 0.3 is 6.18 Å². The molecule has 14 heteroatoms. The van der Waals surface area contributed by atoms with Crippen LogP contribution in [0.1, 0.15) is 73.0 Å². The minimum atomic E-state index is -4.52. The summed E-state index contributed by atoms with van der Waals surface area (Å²) in [5.74, 6) is 0.905. The van der Waals surface area contributed by atoms with Crippen molar-refractivity contribution in [3.05, 3.63) is 75.7 Å². The molecule has 1 saturated carbocycles. The van der Waals surface area contributed by atoms with Gasteiger partial charge in [0.2, 0.25) is 0 Å². The molecule has 4 aromatic rings. The quantitative estimate of drug-likeness (QED) is 0.388. The van der Waals surface area contributed by atoms with E-state index in [1.54, 1.807) is 6.92 Å². The molecular formula is C23H19F5N8O. The van der Waals surface area contributed by atoms with Crippen molar-refractivity contribution in [2.75, 3.05) is 0 Å². The van der Waals surface area contributed by atoms with Crippen LogP contribution >= 0.6 is 0 Å². The number of nitrogens with zero attached hydrogens (tertiary/aromatic N) is 7. The molecule has 1 aliphatic carbocycles. The monoisotopic (exact) mass is 518 g/mol. The predicted octanol–water partition coefficient (Wildman–Crippen LogP) is 4.70. The van der Waals surface area contributed by atoms with E-state index in [9.17, 15) is 26.7 Å². The van der Waals surface area contributed by atoms with Crippen molar-refractivity contribution in [1.82, 2.24) is 34.7 Å². The Labute approximate surface area is 206 Å². The highest BCUT2D eigenvalue weighted by Gasteiger charge is 2.32. The molecule has 0 unspecified atom stereocenters. The summed E-state index contributed by atoms with van der Waals surface area (Å²) in [6, 6.07) is 4.65. The van der Waals surface area contributed by atoms with Crippen LogP contribution in [-0.4, -0.2) is 34.7 Å². The van der Waals surface area contributed by atoms with Crippen molar-refractivity contribution in [2.45, 2.75) is 50.7 Å². The summed E-state index contributed by atoms with van der Waals surface area (Å²) in [6.45, 7) is 1.65. The van der Waals surface area contributed by atoms with Crippen molar-refractivity contribution in [1.29, 1.82) is 5.26 Å². The Bertz CT molecular complexity index is 1490. The first-order valence-corrected chi connectivity index (χ1v) is 11.1. The van der Waals surface area contributed by atoms with Gasteiger partial charge in [-0.2, -0.15) is 23.5 Å². The van der Waals surface area contributed by atoms with Crippen LogP contribution in [0.15, 0.2) is 41.7 Å². The zero-order valence-corrected chi connectivity index (χ0v) is 19.2. The molecule has 37 heavy (non-hydrogen) atoms. The van der Waals surface area contributed by atoms with Crippen LogP contribution in [0.2, 0.25) is 0 Å². The fourth-order valence-corrected chi connectivity index (χ4v) is 3.67. The van der Waals surface area contributed by atoms with Gasteiger partial charge in [0.25, 0.3) is 12.0 Å². The second-order valence-electron chi connectivity index (χ2n) is 8.25. The summed E-state index contributed by atoms with van der Waals surface area (Å²) < 4.78 is 63.5. The van der Waals surface area contributed by atoms with Gasteiger partial charge in [-0.1, -0.05) is 12.5 Å². The van der Waals surface area contributed by atoms with Crippen LogP contribution in [0.4, 0.5) is 22.0 Å². The van der Waals surface area contributed by atoms with E-state index in [2.05, 4.69) is 30.0 Å². The maximum absolute atomic E-state index is 12.6. The minimum Gasteiger partial charge on any atom is -0.312 e. The lowest BCUT2D eigenvalue weighted by Gasteiger charge is -2.23. The van der Waals surface area contributed by atoms with Crippen LogP contribution in [0.25, 0.3) is 11.0 Å². The average Bonchev–Trinajstić information content (AvgIpc) is 3.23. The number of aromatic nitrogens is 7. The summed E-state index contributed by atoms with van der Waals surface area (Å²) in [7, 11) is 0. The first kappa shape index (κ1) is 25.8. The van der Waals surface area contributed by atoms with Gasteiger partial charge in [0, 0.05) is 18.3 Å². The second kappa shape index (κ2) is 10.4. The van der Waals surface area contributed by atoms with Crippen LogP contribution in [0, 0.1) is 11.3 Å². The van der Waals surface area contributed by atoms with Crippen molar-refractivity contribution < 1.29 is 22.0 Å². The smallest absolute Gasteiger partial charge is 0.312 e. The largest absolute Gasteiger partial charge is 0.433 e. The lowest BCUT2D eigenvalue weighted by molar-refractivity contribution is -0.141. The number of hydrogen-bond acceptors (Lipinski definition) is 7. The topological polar surface area (TPSA) is 126 Å². The molecule has 1 atom stereocenters. The molecule has 4 heterocycles. The summed E-state index contributed by atoms with van der Waals surface area (Å²) in [5, 5.41) is 13.2. The van der Waals surface area contributed by atoms with Crippen molar-refractivity contribution in [3.8, 4) is 6.07 Å². The number of aromatic amines is 1. The van der Waals surface area contributed by atoms with Gasteiger partial charge in [-0.15, -0.1) is 0 Å². The molecule has 0 bridgehead atoms. The highest BCUT2D eigenvalue weighted by molar-refractivity contribution is 5.79. The number of H-pyrrole nitrogens is 1. The van der Waals surface area contributed by atoms with E-state index < -0.39 is 29.9 Å². The summed E-state index contributed by atoms with van der Waals surface area (Å²) in [5.41, 5.74) is -1.18. The fourth-order valence-electron chi connectivity index (χ4n) is 3.67. The van der Waals surface area contributed by atoms with E-state index >= 15 is 0 Å². The molecule has 4 aromatic heterocycles. The van der Waals surface area contributed by atoms with Gasteiger partial charge in [0.1, 0.15) is 28.7 Å². The third-order valence-electron chi connectivity index (χ3n) is 5.92. The Balaban J connectivity index is 0.000000207. The zero-order chi connectivity index (χ0) is 26.7. The van der Waals surface area contributed by atoms with Crippen molar-refractivity contribution in [2.24, 2.45) is 0 Å². The SMILES string of the molecule is C[C@@H](c1ccc(C(F)(F)F)nc1)n1nc(C#N)c2c(=O)[nH]cnc21.FC(F)c1ccnc(C2CCC2)n1. The number of hydrogen-bond donors (Lipinski definition) is 1. The Morgan fingerprint density at radius 2 is 1.92 bits per heavy atom. The number of alkyl halides is 5. The van der Waals surface area contributed by atoms with E-state index in [0.717, 1.165) is 31.5 Å². The molecule has 0 spiro atoms. The molecule has 1 fully saturated rings. The molecular weight excluding hydrogens is 499 g/mol. The number of nitriles is 1. The third-order valence-corrected chi connectivity index (χ3v) is 5.92. The van der Waals surface area contributed by atoms with Gasteiger partial charge in [-0.25, -0.2) is 28.4 Å². The van der Waals surface area contributed by atoms with Gasteiger partial charge in [0.05, 0.1) is 12.4 Å². The number of pyridine rings is 1. The Morgan fingerprint density at radius 1 is 1.16 bits per heavy atom. The molecule has 1 N–H and O–H groups in total. The van der Waals surface area contributed by atoms with Gasteiger partial charge in [0.15, 0.2) is 11.3 Å². The van der Waals surface area contributed by atoms with Crippen LogP contribution in [0.3, 0.4) is 0 Å². The molecule has 0 radical (unpaired) electrons. The summed E-state index contributed by atoms with van der Waals surface area (Å²) >= 11 is 0. The zero-order valence-electron chi connectivity index (χ0n) is 19.2. The standard InChI is InChI=1S/C14H9F3N6O.C9H10F2N2/c1-7(8-2-3-10(19-5-8)14(15,16)17)23-12-11(9(4-18)22-23)13(24)21-6-20-12;10-8(11)7-4-5-12-9(13-7)6-2-1-3-6/h2-3,5-7H,1H3,(H,20,21,24);4-6,8H,1-3H2/t7-;/m0./s1. The molecule has 0 aromatic carbocycles. The molecule has 5 rings (SSSR count). The highest BCUT2D eigenvalue weighted by Crippen LogP contribution is 2.34. The average molecular weight is 518 g/mol. The third kappa shape index (κ3) is 5.45. The van der Waals surface area contributed by atoms with E-state index in [0.29, 0.717) is 17.3 Å². The summed E-state index contributed by atoms with van der Waals surface area (Å²) in [6.07, 6.45) is -0.110. The first-order valence-electron chi connectivity index (χ1n) is 11.1. The Hall–Kier alpha value is -4.28. The molecule has 9 nitrogen and oxygen atoms in total. The minimum absolute atomic E-state index is 0.0340. The number of rotatable bonds is 4. The normalized spacial score (nSPS) is 14.5. The molecule has 0 amide bonds. The van der Waals surface area contributed by atoms with E-state index in [-0.39, 0.29) is 22.4 Å². The second-order valence-corrected chi connectivity index (χ2v) is 8.25. The molecule has 192 valence electrons. The number of halogens is 5. The van der Waals surface area contributed by atoms with E-state index in [4.69, 9.17) is 5.26 Å². The van der Waals surface area contributed by atoms with Crippen LogP contribution in [0.5, 0.6) is 0 Å². The van der Waals surface area contributed by atoms with Crippen LogP contribution < -0.4 is 5.56 Å². The molecule has 0 saturated heterocycles. The Kier molecular flexibility index (Phi) is 7.23. The number of nitrogens with one attached hydrogen (secondary N) is 1. The van der Waals surface area contributed by atoms with E-state index in [1.807, 2.05) is 6.07 Å². The van der Waals surface area contributed by atoms with Crippen molar-refractivity contribution >= 4 is 11.0 Å². The predicted molar refractivity (Wildman–Crippen MR) is 119 cm³/mol. The lowest BCUT2D eigenvalue weighted by Crippen LogP contribution is -2.13. The number of fused-ring (bicyclic) bond motifs is 1. The molecule has 0 aliphatic heterocycles. The van der Waals surface area contributed by atoms with Gasteiger partial charge in [-0.05, 0) is 37.5 Å². The van der Waals surface area contributed by atoms with Gasteiger partial charge in [-0.3, -0.25) is 9.78 Å². The maximum atomic E-state index is 12.6. The molecule has 1 aliphatic rings. The van der Waals surface area contributed by atoms with Crippen LogP contribution in [-0.2, 0) is 6.18 Å². The first-order chi connectivity index (χ1) is 17.6. The summed E-state index contributed by atoms with van der Waals surface area (Å²) in [4.78, 5) is 29.4. The Morgan fingerprint density at radius 3 is 2.49 bits per heavy atom. The van der Waals surface area contributed by atoms with Crippen molar-refractivity contribution in [3.63, 3.8) is 0 Å².